The van der Waals surface area contributed by atoms with Crippen molar-refractivity contribution in [3.05, 3.63) is 47.4 Å². The van der Waals surface area contributed by atoms with Crippen LogP contribution in [-0.2, 0) is 6.42 Å². The number of carbonyl (C=O) groups is 1. The van der Waals surface area contributed by atoms with Gasteiger partial charge in [0.05, 0.1) is 5.56 Å². The van der Waals surface area contributed by atoms with Crippen LogP contribution < -0.4 is 4.74 Å². The van der Waals surface area contributed by atoms with Crippen molar-refractivity contribution in [1.29, 1.82) is 0 Å². The van der Waals surface area contributed by atoms with E-state index < -0.39 is 5.97 Å². The van der Waals surface area contributed by atoms with Gasteiger partial charge in [0, 0.05) is 11.8 Å². The average Bonchev–Trinajstić information content (AvgIpc) is 2.42. The minimum Gasteiger partial charge on any atom is -0.478 e. The van der Waals surface area contributed by atoms with Crippen LogP contribution in [-0.4, -0.2) is 21.0 Å². The van der Waals surface area contributed by atoms with E-state index in [1.807, 2.05) is 6.92 Å². The van der Waals surface area contributed by atoms with E-state index in [9.17, 15) is 4.79 Å². The highest BCUT2D eigenvalue weighted by Gasteiger charge is 2.09. The first-order valence-corrected chi connectivity index (χ1v) is 6.43. The standard InChI is InChI=1S/C15H16N2O3/c1-3-4-12-8-14(17-9-16-12)20-13-7-11(15(18)19)6-5-10(13)2/h5-9H,3-4H2,1-2H3,(H,18,19). The molecule has 1 N–H and O–H groups in total. The summed E-state index contributed by atoms with van der Waals surface area (Å²) in [6.45, 7) is 3.93. The third-order valence-corrected chi connectivity index (χ3v) is 2.85. The van der Waals surface area contributed by atoms with Crippen molar-refractivity contribution in [1.82, 2.24) is 9.97 Å². The Kier molecular flexibility index (Phi) is 4.30. The molecule has 0 radical (unpaired) electrons. The van der Waals surface area contributed by atoms with Crippen molar-refractivity contribution in [3.63, 3.8) is 0 Å². The van der Waals surface area contributed by atoms with Crippen LogP contribution in [0.25, 0.3) is 0 Å². The summed E-state index contributed by atoms with van der Waals surface area (Å²) >= 11 is 0. The molecule has 0 amide bonds. The number of carboxylic acid groups (broad SMARTS) is 1. The number of aryl methyl sites for hydroxylation is 2. The number of aromatic carboxylic acids is 1. The molecule has 1 heterocycles. The number of rotatable bonds is 5. The van der Waals surface area contributed by atoms with Crippen LogP contribution in [0.1, 0.15) is 35.0 Å². The topological polar surface area (TPSA) is 72.3 Å². The molecule has 0 aliphatic heterocycles. The predicted molar refractivity (Wildman–Crippen MR) is 74.2 cm³/mol. The van der Waals surface area contributed by atoms with Gasteiger partial charge in [-0.05, 0) is 31.0 Å². The van der Waals surface area contributed by atoms with Gasteiger partial charge in [-0.3, -0.25) is 0 Å². The van der Waals surface area contributed by atoms with Crippen molar-refractivity contribution in [2.45, 2.75) is 26.7 Å². The van der Waals surface area contributed by atoms with Gasteiger partial charge < -0.3 is 9.84 Å². The van der Waals surface area contributed by atoms with Crippen molar-refractivity contribution < 1.29 is 14.6 Å². The number of ether oxygens (including phenoxy) is 1. The van der Waals surface area contributed by atoms with Gasteiger partial charge in [0.2, 0.25) is 5.88 Å². The van der Waals surface area contributed by atoms with Gasteiger partial charge in [-0.1, -0.05) is 19.4 Å². The lowest BCUT2D eigenvalue weighted by atomic mass is 10.1. The molecule has 104 valence electrons. The summed E-state index contributed by atoms with van der Waals surface area (Å²) in [6.07, 6.45) is 3.30. The Labute approximate surface area is 117 Å². The summed E-state index contributed by atoms with van der Waals surface area (Å²) in [5.41, 5.74) is 1.95. The highest BCUT2D eigenvalue weighted by molar-refractivity contribution is 5.88. The van der Waals surface area contributed by atoms with Crippen molar-refractivity contribution in [2.75, 3.05) is 0 Å². The lowest BCUT2D eigenvalue weighted by Crippen LogP contribution is -1.99. The second kappa shape index (κ2) is 6.14. The Hall–Kier alpha value is -2.43. The van der Waals surface area contributed by atoms with Crippen molar-refractivity contribution in [3.8, 4) is 11.6 Å². The summed E-state index contributed by atoms with van der Waals surface area (Å²) in [5, 5.41) is 9.00. The molecule has 0 fully saturated rings. The van der Waals surface area contributed by atoms with E-state index in [0.717, 1.165) is 24.1 Å². The lowest BCUT2D eigenvalue weighted by molar-refractivity contribution is 0.0696. The van der Waals surface area contributed by atoms with Gasteiger partial charge in [0.1, 0.15) is 12.1 Å². The molecule has 0 aliphatic carbocycles. The van der Waals surface area contributed by atoms with E-state index >= 15 is 0 Å². The van der Waals surface area contributed by atoms with Crippen LogP contribution in [0.5, 0.6) is 11.6 Å². The lowest BCUT2D eigenvalue weighted by Gasteiger charge is -2.09. The Morgan fingerprint density at radius 2 is 2.10 bits per heavy atom. The minimum absolute atomic E-state index is 0.188. The fraction of sp³-hybridized carbons (Fsp3) is 0.267. The maximum Gasteiger partial charge on any atom is 0.335 e. The number of aromatic nitrogens is 2. The van der Waals surface area contributed by atoms with E-state index in [1.54, 1.807) is 18.2 Å². The van der Waals surface area contributed by atoms with Gasteiger partial charge in [0.15, 0.2) is 0 Å². The van der Waals surface area contributed by atoms with Gasteiger partial charge in [-0.25, -0.2) is 14.8 Å². The zero-order chi connectivity index (χ0) is 14.5. The van der Waals surface area contributed by atoms with Crippen molar-refractivity contribution in [2.24, 2.45) is 0 Å². The first-order chi connectivity index (χ1) is 9.60. The third-order valence-electron chi connectivity index (χ3n) is 2.85. The molecule has 0 atom stereocenters. The summed E-state index contributed by atoms with van der Waals surface area (Å²) < 4.78 is 5.67. The van der Waals surface area contributed by atoms with Gasteiger partial charge in [-0.2, -0.15) is 0 Å². The molecule has 5 heteroatoms. The smallest absolute Gasteiger partial charge is 0.335 e. The Morgan fingerprint density at radius 3 is 2.80 bits per heavy atom. The normalized spacial score (nSPS) is 10.3. The van der Waals surface area contributed by atoms with Crippen LogP contribution in [0.4, 0.5) is 0 Å². The molecule has 0 saturated heterocycles. The highest BCUT2D eigenvalue weighted by Crippen LogP contribution is 2.25. The van der Waals surface area contributed by atoms with E-state index in [0.29, 0.717) is 11.6 Å². The Morgan fingerprint density at radius 1 is 1.30 bits per heavy atom. The fourth-order valence-corrected chi connectivity index (χ4v) is 1.78. The molecule has 0 unspecified atom stereocenters. The van der Waals surface area contributed by atoms with Crippen LogP contribution in [0.15, 0.2) is 30.6 Å². The molecule has 2 rings (SSSR count). The molecule has 1 aromatic carbocycles. The first kappa shape index (κ1) is 14.0. The molecule has 1 aromatic heterocycles. The second-order valence-electron chi connectivity index (χ2n) is 4.49. The molecular weight excluding hydrogens is 256 g/mol. The third kappa shape index (κ3) is 3.32. The molecule has 0 aliphatic rings. The van der Waals surface area contributed by atoms with E-state index in [-0.39, 0.29) is 5.56 Å². The number of nitrogens with zero attached hydrogens (tertiary/aromatic N) is 2. The largest absolute Gasteiger partial charge is 0.478 e. The summed E-state index contributed by atoms with van der Waals surface area (Å²) in [4.78, 5) is 19.2. The number of carboxylic acids is 1. The maximum absolute atomic E-state index is 11.0. The van der Waals surface area contributed by atoms with Crippen LogP contribution in [0, 0.1) is 6.92 Å². The van der Waals surface area contributed by atoms with Gasteiger partial charge >= 0.3 is 5.97 Å². The quantitative estimate of drug-likeness (QED) is 0.904. The Bertz CT molecular complexity index is 626. The highest BCUT2D eigenvalue weighted by atomic mass is 16.5. The summed E-state index contributed by atoms with van der Waals surface area (Å²) in [6, 6.07) is 6.54. The zero-order valence-corrected chi connectivity index (χ0v) is 11.5. The second-order valence-corrected chi connectivity index (χ2v) is 4.49. The summed E-state index contributed by atoms with van der Waals surface area (Å²) in [7, 11) is 0. The van der Waals surface area contributed by atoms with Crippen LogP contribution in [0.2, 0.25) is 0 Å². The molecule has 2 aromatic rings. The molecule has 0 bridgehead atoms. The first-order valence-electron chi connectivity index (χ1n) is 6.43. The molecule has 5 nitrogen and oxygen atoms in total. The molecule has 0 spiro atoms. The molecular formula is C15H16N2O3. The average molecular weight is 272 g/mol. The maximum atomic E-state index is 11.0. The number of hydrogen-bond acceptors (Lipinski definition) is 4. The number of benzene rings is 1. The SMILES string of the molecule is CCCc1cc(Oc2cc(C(=O)O)ccc2C)ncn1. The predicted octanol–water partition coefficient (Wildman–Crippen LogP) is 3.23. The van der Waals surface area contributed by atoms with E-state index in [2.05, 4.69) is 16.9 Å². The van der Waals surface area contributed by atoms with Crippen molar-refractivity contribution >= 4 is 5.97 Å². The Balaban J connectivity index is 2.27. The van der Waals surface area contributed by atoms with Gasteiger partial charge in [0.25, 0.3) is 0 Å². The molecule has 0 saturated carbocycles. The van der Waals surface area contributed by atoms with Gasteiger partial charge in [-0.15, -0.1) is 0 Å². The minimum atomic E-state index is -0.982. The van der Waals surface area contributed by atoms with Crippen LogP contribution >= 0.6 is 0 Å². The fourth-order valence-electron chi connectivity index (χ4n) is 1.78. The number of hydrogen-bond donors (Lipinski definition) is 1. The zero-order valence-electron chi connectivity index (χ0n) is 11.5. The molecule has 20 heavy (non-hydrogen) atoms. The van der Waals surface area contributed by atoms with E-state index in [4.69, 9.17) is 9.84 Å². The summed E-state index contributed by atoms with van der Waals surface area (Å²) in [5.74, 6) is -0.0654. The van der Waals surface area contributed by atoms with Crippen LogP contribution in [0.3, 0.4) is 0 Å². The van der Waals surface area contributed by atoms with E-state index in [1.165, 1.54) is 12.4 Å². The monoisotopic (exact) mass is 272 g/mol.